The molecular weight excluding hydrogens is 284 g/mol. The lowest BCUT2D eigenvalue weighted by Gasteiger charge is -2.04. The first-order valence-corrected chi connectivity index (χ1v) is 7.38. The fourth-order valence-corrected chi connectivity index (χ4v) is 2.95. The summed E-state index contributed by atoms with van der Waals surface area (Å²) in [5, 5.41) is 20.1. The summed E-state index contributed by atoms with van der Waals surface area (Å²) >= 11 is 1.60. The van der Waals surface area contributed by atoms with Gasteiger partial charge in [0.1, 0.15) is 5.03 Å². The summed E-state index contributed by atoms with van der Waals surface area (Å²) in [5.41, 5.74) is 1.36. The van der Waals surface area contributed by atoms with Crippen LogP contribution >= 0.6 is 11.8 Å². The maximum Gasteiger partial charge on any atom is 0.335 e. The van der Waals surface area contributed by atoms with E-state index in [4.69, 9.17) is 5.11 Å². The average molecular weight is 296 g/mol. The second-order valence-corrected chi connectivity index (χ2v) is 5.49. The Bertz CT molecular complexity index is 782. The highest BCUT2D eigenvalue weighted by molar-refractivity contribution is 7.98. The molecule has 0 aliphatic rings. The smallest absolute Gasteiger partial charge is 0.335 e. The zero-order chi connectivity index (χ0) is 14.7. The number of aromatic nitrogens is 2. The molecule has 0 fully saturated rings. The molecule has 104 valence electrons. The van der Waals surface area contributed by atoms with Crippen LogP contribution in [0.3, 0.4) is 0 Å². The number of fused-ring (bicyclic) bond motifs is 1. The van der Waals surface area contributed by atoms with Gasteiger partial charge >= 0.3 is 5.97 Å². The van der Waals surface area contributed by atoms with Crippen molar-refractivity contribution in [3.8, 4) is 0 Å². The van der Waals surface area contributed by atoms with Gasteiger partial charge in [-0.2, -0.15) is 5.10 Å². The lowest BCUT2D eigenvalue weighted by Crippen LogP contribution is -1.95. The molecule has 1 N–H and O–H groups in total. The van der Waals surface area contributed by atoms with Crippen LogP contribution in [0.4, 0.5) is 0 Å². The molecule has 0 saturated heterocycles. The van der Waals surface area contributed by atoms with Gasteiger partial charge in [-0.15, -0.1) is 5.10 Å². The van der Waals surface area contributed by atoms with Crippen molar-refractivity contribution in [3.63, 3.8) is 0 Å². The standard InChI is InChI=1S/C16H12N2O2S/c19-16(20)12-7-5-11(6-8-12)10-21-15-14-4-2-1-3-13(14)9-17-18-15/h1-9H,10H2,(H,19,20). The first-order valence-electron chi connectivity index (χ1n) is 6.39. The summed E-state index contributed by atoms with van der Waals surface area (Å²) in [7, 11) is 0. The van der Waals surface area contributed by atoms with Crippen LogP contribution in [0.2, 0.25) is 0 Å². The number of carboxylic acids is 1. The van der Waals surface area contributed by atoms with Gasteiger partial charge in [0.2, 0.25) is 0 Å². The molecule has 5 heteroatoms. The van der Waals surface area contributed by atoms with E-state index < -0.39 is 5.97 Å². The first-order chi connectivity index (χ1) is 10.2. The molecule has 0 bridgehead atoms. The van der Waals surface area contributed by atoms with Gasteiger partial charge in [0.05, 0.1) is 11.8 Å². The third kappa shape index (κ3) is 3.03. The lowest BCUT2D eigenvalue weighted by atomic mass is 10.1. The number of nitrogens with zero attached hydrogens (tertiary/aromatic N) is 2. The van der Waals surface area contributed by atoms with Crippen molar-refractivity contribution in [2.45, 2.75) is 10.8 Å². The van der Waals surface area contributed by atoms with Gasteiger partial charge in [-0.3, -0.25) is 0 Å². The highest BCUT2D eigenvalue weighted by atomic mass is 32.2. The van der Waals surface area contributed by atoms with Crippen LogP contribution in [-0.2, 0) is 5.75 Å². The first kappa shape index (κ1) is 13.6. The molecule has 0 radical (unpaired) electrons. The minimum atomic E-state index is -0.908. The van der Waals surface area contributed by atoms with Gasteiger partial charge in [-0.05, 0) is 17.7 Å². The predicted octanol–water partition coefficient (Wildman–Crippen LogP) is 3.62. The van der Waals surface area contributed by atoms with Gasteiger partial charge in [0.15, 0.2) is 0 Å². The van der Waals surface area contributed by atoms with E-state index in [0.29, 0.717) is 5.56 Å². The molecule has 1 aromatic heterocycles. The Morgan fingerprint density at radius 1 is 1.10 bits per heavy atom. The summed E-state index contributed by atoms with van der Waals surface area (Å²) < 4.78 is 0. The molecule has 2 aromatic carbocycles. The highest BCUT2D eigenvalue weighted by Crippen LogP contribution is 2.27. The number of thioether (sulfide) groups is 1. The fourth-order valence-electron chi connectivity index (χ4n) is 2.00. The number of carboxylic acid groups (broad SMARTS) is 1. The molecule has 4 nitrogen and oxygen atoms in total. The molecule has 0 unspecified atom stereocenters. The van der Waals surface area contributed by atoms with E-state index in [1.165, 1.54) is 0 Å². The highest BCUT2D eigenvalue weighted by Gasteiger charge is 2.05. The van der Waals surface area contributed by atoms with Crippen LogP contribution in [0.5, 0.6) is 0 Å². The van der Waals surface area contributed by atoms with E-state index in [1.807, 2.05) is 36.4 Å². The number of hydrogen-bond acceptors (Lipinski definition) is 4. The molecule has 3 rings (SSSR count). The summed E-state index contributed by atoms with van der Waals surface area (Å²) in [6.07, 6.45) is 1.75. The zero-order valence-corrected chi connectivity index (χ0v) is 11.9. The Kier molecular flexibility index (Phi) is 3.83. The van der Waals surface area contributed by atoms with Crippen LogP contribution in [0, 0.1) is 0 Å². The van der Waals surface area contributed by atoms with Crippen molar-refractivity contribution < 1.29 is 9.90 Å². The summed E-state index contributed by atoms with van der Waals surface area (Å²) in [4.78, 5) is 10.8. The van der Waals surface area contributed by atoms with Gasteiger partial charge in [0, 0.05) is 16.5 Å². The second-order valence-electron chi connectivity index (χ2n) is 4.53. The van der Waals surface area contributed by atoms with E-state index in [9.17, 15) is 4.79 Å². The second kappa shape index (κ2) is 5.93. The Balaban J connectivity index is 1.79. The quantitative estimate of drug-likeness (QED) is 0.745. The van der Waals surface area contributed by atoms with Crippen molar-refractivity contribution >= 4 is 28.5 Å². The Hall–Kier alpha value is -2.40. The van der Waals surface area contributed by atoms with E-state index in [1.54, 1.807) is 30.1 Å². The van der Waals surface area contributed by atoms with E-state index in [2.05, 4.69) is 10.2 Å². The van der Waals surface area contributed by atoms with Crippen LogP contribution in [-0.4, -0.2) is 21.3 Å². The predicted molar refractivity (Wildman–Crippen MR) is 82.5 cm³/mol. The van der Waals surface area contributed by atoms with E-state index in [-0.39, 0.29) is 0 Å². The SMILES string of the molecule is O=C(O)c1ccc(CSc2nncc3ccccc23)cc1. The van der Waals surface area contributed by atoms with E-state index >= 15 is 0 Å². The van der Waals surface area contributed by atoms with Crippen LogP contribution in [0.15, 0.2) is 59.8 Å². The lowest BCUT2D eigenvalue weighted by molar-refractivity contribution is 0.0697. The van der Waals surface area contributed by atoms with Crippen LogP contribution in [0.1, 0.15) is 15.9 Å². The molecule has 0 saturated carbocycles. The minimum Gasteiger partial charge on any atom is -0.478 e. The number of rotatable bonds is 4. The molecule has 0 amide bonds. The number of carbonyl (C=O) groups is 1. The van der Waals surface area contributed by atoms with Crippen LogP contribution < -0.4 is 0 Å². The van der Waals surface area contributed by atoms with Crippen molar-refractivity contribution in [1.29, 1.82) is 0 Å². The van der Waals surface area contributed by atoms with Crippen LogP contribution in [0.25, 0.3) is 10.8 Å². The summed E-state index contributed by atoms with van der Waals surface area (Å²) in [5.74, 6) is -0.183. The molecule has 3 aromatic rings. The Labute approximate surface area is 125 Å². The third-order valence-electron chi connectivity index (χ3n) is 3.11. The summed E-state index contributed by atoms with van der Waals surface area (Å²) in [6, 6.07) is 14.9. The molecular formula is C16H12N2O2S. The van der Waals surface area contributed by atoms with Crippen molar-refractivity contribution in [2.24, 2.45) is 0 Å². The minimum absolute atomic E-state index is 0.300. The normalized spacial score (nSPS) is 10.7. The molecule has 0 aliphatic heterocycles. The molecule has 21 heavy (non-hydrogen) atoms. The third-order valence-corrected chi connectivity index (χ3v) is 4.17. The number of benzene rings is 2. The Morgan fingerprint density at radius 3 is 2.62 bits per heavy atom. The number of aromatic carboxylic acids is 1. The largest absolute Gasteiger partial charge is 0.478 e. The summed E-state index contributed by atoms with van der Waals surface area (Å²) in [6.45, 7) is 0. The van der Waals surface area contributed by atoms with Crippen molar-refractivity contribution in [2.75, 3.05) is 0 Å². The number of hydrogen-bond donors (Lipinski definition) is 1. The molecule has 0 aliphatic carbocycles. The Morgan fingerprint density at radius 2 is 1.86 bits per heavy atom. The maximum absolute atomic E-state index is 10.8. The van der Waals surface area contributed by atoms with Gasteiger partial charge in [0.25, 0.3) is 0 Å². The van der Waals surface area contributed by atoms with E-state index in [0.717, 1.165) is 27.1 Å². The molecule has 0 spiro atoms. The molecule has 1 heterocycles. The average Bonchev–Trinajstić information content (AvgIpc) is 2.53. The monoisotopic (exact) mass is 296 g/mol. The fraction of sp³-hybridized carbons (Fsp3) is 0.0625. The maximum atomic E-state index is 10.8. The van der Waals surface area contributed by atoms with Gasteiger partial charge in [-0.25, -0.2) is 4.79 Å². The molecule has 0 atom stereocenters. The van der Waals surface area contributed by atoms with Crippen molar-refractivity contribution in [3.05, 3.63) is 65.9 Å². The topological polar surface area (TPSA) is 63.1 Å². The zero-order valence-electron chi connectivity index (χ0n) is 11.1. The van der Waals surface area contributed by atoms with Gasteiger partial charge in [-0.1, -0.05) is 48.2 Å². The van der Waals surface area contributed by atoms with Gasteiger partial charge < -0.3 is 5.11 Å². The van der Waals surface area contributed by atoms with Crippen molar-refractivity contribution in [1.82, 2.24) is 10.2 Å².